The molecular formula is C23H32Cl5NO6. The average molecular weight is 596 g/mol. The molecule has 0 bridgehead atoms. The van der Waals surface area contributed by atoms with E-state index in [0.29, 0.717) is 6.42 Å². The van der Waals surface area contributed by atoms with E-state index in [1.165, 1.54) is 39.9 Å². The third-order valence-corrected chi connectivity index (χ3v) is 7.45. The molecule has 0 saturated carbocycles. The maximum atomic E-state index is 12.7. The summed E-state index contributed by atoms with van der Waals surface area (Å²) in [6.45, 7) is 0.949. The summed E-state index contributed by atoms with van der Waals surface area (Å²) < 4.78 is 20.8. The van der Waals surface area contributed by atoms with Crippen molar-refractivity contribution in [3.63, 3.8) is 0 Å². The molecule has 0 aliphatic heterocycles. The fourth-order valence-corrected chi connectivity index (χ4v) is 4.46. The number of hydrogen-bond acceptors (Lipinski definition) is 7. The molecule has 12 heteroatoms. The number of rotatable bonds is 17. The Balaban J connectivity index is 2.56. The first-order chi connectivity index (χ1) is 16.7. The zero-order chi connectivity index (χ0) is 26.4. The zero-order valence-corrected chi connectivity index (χ0v) is 23.6. The van der Waals surface area contributed by atoms with Crippen molar-refractivity contribution in [3.05, 3.63) is 25.1 Å². The molecule has 1 aromatic carbocycles. The van der Waals surface area contributed by atoms with E-state index in [1.807, 2.05) is 0 Å². The summed E-state index contributed by atoms with van der Waals surface area (Å²) >= 11 is 30.1. The number of carbonyl (C=O) groups is 2. The topological polar surface area (TPSA) is 97.1 Å². The van der Waals surface area contributed by atoms with Crippen LogP contribution in [0.25, 0.3) is 0 Å². The Kier molecular flexibility index (Phi) is 16.6. The summed E-state index contributed by atoms with van der Waals surface area (Å²) in [5.41, 5.74) is 5.49. The van der Waals surface area contributed by atoms with Gasteiger partial charge in [-0.1, -0.05) is 103 Å². The lowest BCUT2D eigenvalue weighted by Gasteiger charge is -2.22. The Bertz CT molecular complexity index is 797. The van der Waals surface area contributed by atoms with Gasteiger partial charge in [0.2, 0.25) is 0 Å². The van der Waals surface area contributed by atoms with Gasteiger partial charge in [-0.15, -0.1) is 0 Å². The second-order valence-corrected chi connectivity index (χ2v) is 9.66. The molecule has 0 heterocycles. The van der Waals surface area contributed by atoms with Crippen LogP contribution >= 0.6 is 58.0 Å². The summed E-state index contributed by atoms with van der Waals surface area (Å²) in [5, 5.41) is -0.822. The molecule has 0 saturated heterocycles. The molecule has 7 nitrogen and oxygen atoms in total. The van der Waals surface area contributed by atoms with Crippen molar-refractivity contribution < 1.29 is 28.5 Å². The van der Waals surface area contributed by atoms with Crippen LogP contribution in [-0.2, 0) is 23.8 Å². The monoisotopic (exact) mass is 593 g/mol. The van der Waals surface area contributed by atoms with Gasteiger partial charge in [-0.25, -0.2) is 9.59 Å². The SMILES string of the molecule is CO[C@@H](C(=O)OCCCCCCCCCCCN)[C@@H](OC)C(=O)Oc1c(Cl)c(Cl)c(Cl)c(Cl)c1Cl. The minimum Gasteiger partial charge on any atom is -0.464 e. The van der Waals surface area contributed by atoms with Crippen LogP contribution in [0.1, 0.15) is 57.8 Å². The molecule has 35 heavy (non-hydrogen) atoms. The van der Waals surface area contributed by atoms with Gasteiger partial charge in [0.15, 0.2) is 18.0 Å². The highest BCUT2D eigenvalue weighted by Crippen LogP contribution is 2.48. The molecule has 0 fully saturated rings. The van der Waals surface area contributed by atoms with Crippen LogP contribution in [0.15, 0.2) is 0 Å². The summed E-state index contributed by atoms with van der Waals surface area (Å²) in [7, 11) is 2.46. The van der Waals surface area contributed by atoms with Gasteiger partial charge in [-0.05, 0) is 19.4 Å². The number of unbranched alkanes of at least 4 members (excludes halogenated alkanes) is 8. The standard InChI is InChI=1S/C23H32Cl5NO6/c1-32-20(22(30)34-13-11-9-7-5-3-4-6-8-10-12-29)21(33-2)23(31)35-19-17(27)15(25)14(24)16(26)18(19)28/h20-21H,3-13,29H2,1-2H3/t20-,21-/m1/s1. The smallest absolute Gasteiger partial charge is 0.344 e. The van der Waals surface area contributed by atoms with E-state index >= 15 is 0 Å². The normalized spacial score (nSPS) is 12.9. The summed E-state index contributed by atoms with van der Waals surface area (Å²) in [5.74, 6) is -2.09. The predicted molar refractivity (Wildman–Crippen MR) is 140 cm³/mol. The van der Waals surface area contributed by atoms with Crippen LogP contribution in [0.2, 0.25) is 25.1 Å². The van der Waals surface area contributed by atoms with Crippen LogP contribution in [0, 0.1) is 0 Å². The number of nitrogens with two attached hydrogens (primary N) is 1. The highest BCUT2D eigenvalue weighted by Gasteiger charge is 2.38. The Labute approximate surface area is 231 Å². The fraction of sp³-hybridized carbons (Fsp3) is 0.652. The number of ether oxygens (including phenoxy) is 4. The first kappa shape index (κ1) is 32.5. The van der Waals surface area contributed by atoms with E-state index in [1.54, 1.807) is 0 Å². The van der Waals surface area contributed by atoms with Crippen LogP contribution in [-0.4, -0.2) is 51.5 Å². The highest BCUT2D eigenvalue weighted by atomic mass is 35.5. The van der Waals surface area contributed by atoms with E-state index in [-0.39, 0.29) is 37.5 Å². The van der Waals surface area contributed by atoms with E-state index in [2.05, 4.69) is 0 Å². The first-order valence-electron chi connectivity index (χ1n) is 11.4. The van der Waals surface area contributed by atoms with Gasteiger partial charge in [0.1, 0.15) is 10.0 Å². The lowest BCUT2D eigenvalue weighted by molar-refractivity contribution is -0.173. The van der Waals surface area contributed by atoms with Gasteiger partial charge >= 0.3 is 11.9 Å². The molecule has 1 aromatic rings. The van der Waals surface area contributed by atoms with Crippen LogP contribution in [0.3, 0.4) is 0 Å². The minimum atomic E-state index is -1.47. The Morgan fingerprint density at radius 3 is 1.51 bits per heavy atom. The Morgan fingerprint density at radius 2 is 1.06 bits per heavy atom. The lowest BCUT2D eigenvalue weighted by atomic mass is 10.1. The number of benzene rings is 1. The Hall–Kier alpha value is -0.510. The largest absolute Gasteiger partial charge is 0.464 e. The van der Waals surface area contributed by atoms with Gasteiger partial charge in [0, 0.05) is 14.2 Å². The van der Waals surface area contributed by atoms with Crippen molar-refractivity contribution in [2.75, 3.05) is 27.4 Å². The molecule has 0 aliphatic carbocycles. The van der Waals surface area contributed by atoms with Crippen LogP contribution in [0.4, 0.5) is 0 Å². The maximum absolute atomic E-state index is 12.7. The molecular weight excluding hydrogens is 564 g/mol. The molecule has 1 rings (SSSR count). The molecule has 0 unspecified atom stereocenters. The van der Waals surface area contributed by atoms with E-state index in [4.69, 9.17) is 82.7 Å². The number of hydrogen-bond donors (Lipinski definition) is 1. The number of carbonyl (C=O) groups excluding carboxylic acids is 2. The van der Waals surface area contributed by atoms with Gasteiger partial charge in [0.05, 0.1) is 21.7 Å². The molecule has 2 N–H and O–H groups in total. The number of methoxy groups -OCH3 is 2. The zero-order valence-electron chi connectivity index (χ0n) is 19.8. The second-order valence-electron chi connectivity index (χ2n) is 7.77. The van der Waals surface area contributed by atoms with Crippen molar-refractivity contribution in [2.45, 2.75) is 70.0 Å². The lowest BCUT2D eigenvalue weighted by Crippen LogP contribution is -2.45. The maximum Gasteiger partial charge on any atom is 0.344 e. The summed E-state index contributed by atoms with van der Waals surface area (Å²) in [4.78, 5) is 25.3. The van der Waals surface area contributed by atoms with Crippen molar-refractivity contribution in [1.82, 2.24) is 0 Å². The van der Waals surface area contributed by atoms with Gasteiger partial charge < -0.3 is 24.7 Å². The number of halogens is 5. The third kappa shape index (κ3) is 10.4. The first-order valence-corrected chi connectivity index (χ1v) is 13.3. The van der Waals surface area contributed by atoms with E-state index in [9.17, 15) is 9.59 Å². The van der Waals surface area contributed by atoms with Gasteiger partial charge in [0.25, 0.3) is 0 Å². The summed E-state index contributed by atoms with van der Waals surface area (Å²) in [6.07, 6.45) is 6.86. The fourth-order valence-electron chi connectivity index (χ4n) is 3.26. The summed E-state index contributed by atoms with van der Waals surface area (Å²) in [6, 6.07) is 0. The predicted octanol–water partition coefficient (Wildman–Crippen LogP) is 6.90. The van der Waals surface area contributed by atoms with Crippen molar-refractivity contribution in [3.8, 4) is 5.75 Å². The molecule has 0 spiro atoms. The Morgan fingerprint density at radius 1 is 0.657 bits per heavy atom. The van der Waals surface area contributed by atoms with Crippen LogP contribution in [0.5, 0.6) is 5.75 Å². The highest BCUT2D eigenvalue weighted by molar-refractivity contribution is 6.55. The molecule has 0 radical (unpaired) electrons. The molecule has 2 atom stereocenters. The average Bonchev–Trinajstić information content (AvgIpc) is 2.85. The van der Waals surface area contributed by atoms with Crippen molar-refractivity contribution in [2.24, 2.45) is 5.73 Å². The molecule has 0 aliphatic rings. The van der Waals surface area contributed by atoms with E-state index < -0.39 is 24.1 Å². The molecule has 200 valence electrons. The van der Waals surface area contributed by atoms with E-state index in [0.717, 1.165) is 32.2 Å². The third-order valence-electron chi connectivity index (χ3n) is 5.21. The second kappa shape index (κ2) is 17.9. The molecule has 0 aromatic heterocycles. The quantitative estimate of drug-likeness (QED) is 0.0688. The molecule has 0 amide bonds. The minimum absolute atomic E-state index is 0.0905. The van der Waals surface area contributed by atoms with Crippen molar-refractivity contribution in [1.29, 1.82) is 0 Å². The number of esters is 2. The van der Waals surface area contributed by atoms with Gasteiger partial charge in [-0.2, -0.15) is 0 Å². The van der Waals surface area contributed by atoms with Crippen LogP contribution < -0.4 is 10.5 Å². The van der Waals surface area contributed by atoms with Crippen molar-refractivity contribution >= 4 is 69.9 Å². The van der Waals surface area contributed by atoms with Gasteiger partial charge in [-0.3, -0.25) is 0 Å².